The monoisotopic (exact) mass is 443 g/mol. The van der Waals surface area contributed by atoms with Crippen LogP contribution in [0.15, 0.2) is 18.2 Å². The van der Waals surface area contributed by atoms with Crippen LogP contribution in [0.5, 0.6) is 0 Å². The van der Waals surface area contributed by atoms with E-state index in [4.69, 9.17) is 9.47 Å². The summed E-state index contributed by atoms with van der Waals surface area (Å²) in [6.45, 7) is 2.54. The maximum Gasteiger partial charge on any atom is 0.261 e. The van der Waals surface area contributed by atoms with Crippen LogP contribution in [0.25, 0.3) is 0 Å². The van der Waals surface area contributed by atoms with Crippen molar-refractivity contribution in [1.29, 1.82) is 0 Å². The highest BCUT2D eigenvalue weighted by molar-refractivity contribution is 6.22. The number of likely N-dealkylation sites (tertiary alicyclic amines) is 1. The fourth-order valence-corrected chi connectivity index (χ4v) is 4.49. The number of nitrogens with one attached hydrogen (secondary N) is 1. The Labute approximate surface area is 187 Å². The molecule has 32 heavy (non-hydrogen) atoms. The Morgan fingerprint density at radius 2 is 1.88 bits per heavy atom. The molecule has 1 unspecified atom stereocenters. The van der Waals surface area contributed by atoms with Gasteiger partial charge in [-0.25, -0.2) is 0 Å². The maximum atomic E-state index is 12.8. The van der Waals surface area contributed by atoms with Gasteiger partial charge in [-0.1, -0.05) is 0 Å². The Bertz CT molecular complexity index is 903. The standard InChI is InChI=1S/C23H29N3O6/c1-31-12-3-9-26-21(28)17-6-5-15(14-18(17)22(26)29)20(27)24-16-7-10-25(11-8-16)23(30)19-4-2-13-32-19/h5-6,14,16,19H,2-4,7-13H2,1H3,(H,24,27). The topological polar surface area (TPSA) is 105 Å². The third kappa shape index (κ3) is 4.54. The van der Waals surface area contributed by atoms with E-state index >= 15 is 0 Å². The largest absolute Gasteiger partial charge is 0.385 e. The normalized spacial score (nSPS) is 21.2. The summed E-state index contributed by atoms with van der Waals surface area (Å²) in [5.74, 6) is -0.952. The number of carbonyl (C=O) groups is 4. The first-order valence-electron chi connectivity index (χ1n) is 11.2. The van der Waals surface area contributed by atoms with E-state index in [0.717, 1.165) is 12.8 Å². The Balaban J connectivity index is 1.33. The predicted octanol–water partition coefficient (Wildman–Crippen LogP) is 1.22. The molecule has 1 N–H and O–H groups in total. The molecule has 0 bridgehead atoms. The van der Waals surface area contributed by atoms with Crippen LogP contribution >= 0.6 is 0 Å². The van der Waals surface area contributed by atoms with Crippen LogP contribution in [-0.2, 0) is 14.3 Å². The lowest BCUT2D eigenvalue weighted by Crippen LogP contribution is -2.49. The van der Waals surface area contributed by atoms with Gasteiger partial charge in [0.05, 0.1) is 11.1 Å². The number of fused-ring (bicyclic) bond motifs is 1. The van der Waals surface area contributed by atoms with Gasteiger partial charge in [-0.2, -0.15) is 0 Å². The molecule has 4 rings (SSSR count). The van der Waals surface area contributed by atoms with Crippen molar-refractivity contribution in [3.05, 3.63) is 34.9 Å². The Morgan fingerprint density at radius 1 is 1.12 bits per heavy atom. The van der Waals surface area contributed by atoms with Gasteiger partial charge in [0, 0.05) is 51.6 Å². The first kappa shape index (κ1) is 22.4. The first-order chi connectivity index (χ1) is 15.5. The van der Waals surface area contributed by atoms with E-state index in [1.165, 1.54) is 11.0 Å². The van der Waals surface area contributed by atoms with Gasteiger partial charge in [-0.15, -0.1) is 0 Å². The molecule has 9 heteroatoms. The molecule has 1 aromatic carbocycles. The minimum atomic E-state index is -0.378. The van der Waals surface area contributed by atoms with Gasteiger partial charge < -0.3 is 19.7 Å². The highest BCUT2D eigenvalue weighted by atomic mass is 16.5. The quantitative estimate of drug-likeness (QED) is 0.502. The van der Waals surface area contributed by atoms with Gasteiger partial charge in [0.15, 0.2) is 0 Å². The fraction of sp³-hybridized carbons (Fsp3) is 0.565. The summed E-state index contributed by atoms with van der Waals surface area (Å²) in [6.07, 6.45) is 3.27. The van der Waals surface area contributed by atoms with Crippen molar-refractivity contribution in [2.24, 2.45) is 0 Å². The minimum absolute atomic E-state index is 0.0455. The number of carbonyl (C=O) groups excluding carboxylic acids is 4. The first-order valence-corrected chi connectivity index (χ1v) is 11.2. The number of rotatable bonds is 7. The Kier molecular flexibility index (Phi) is 6.86. The maximum absolute atomic E-state index is 12.8. The lowest BCUT2D eigenvalue weighted by atomic mass is 10.0. The third-order valence-electron chi connectivity index (χ3n) is 6.31. The Morgan fingerprint density at radius 3 is 2.56 bits per heavy atom. The zero-order chi connectivity index (χ0) is 22.7. The summed E-state index contributed by atoms with van der Waals surface area (Å²) in [5.41, 5.74) is 0.934. The molecule has 2 saturated heterocycles. The minimum Gasteiger partial charge on any atom is -0.385 e. The lowest BCUT2D eigenvalue weighted by Gasteiger charge is -2.33. The number of imide groups is 1. The average Bonchev–Trinajstić information content (AvgIpc) is 3.42. The van der Waals surface area contributed by atoms with Crippen LogP contribution in [0.3, 0.4) is 0 Å². The van der Waals surface area contributed by atoms with Crippen LogP contribution in [0.4, 0.5) is 0 Å². The van der Waals surface area contributed by atoms with Gasteiger partial charge >= 0.3 is 0 Å². The summed E-state index contributed by atoms with van der Waals surface area (Å²) in [5, 5.41) is 3.00. The van der Waals surface area contributed by atoms with E-state index in [1.54, 1.807) is 19.2 Å². The number of hydrogen-bond donors (Lipinski definition) is 1. The second kappa shape index (κ2) is 9.79. The smallest absolute Gasteiger partial charge is 0.261 e. The number of piperidine rings is 1. The molecule has 172 valence electrons. The summed E-state index contributed by atoms with van der Waals surface area (Å²) in [4.78, 5) is 53.4. The van der Waals surface area contributed by atoms with Crippen molar-refractivity contribution in [2.45, 2.75) is 44.2 Å². The molecule has 2 fully saturated rings. The van der Waals surface area contributed by atoms with Crippen LogP contribution in [-0.4, -0.2) is 85.5 Å². The molecule has 0 saturated carbocycles. The van der Waals surface area contributed by atoms with Crippen LogP contribution in [0.2, 0.25) is 0 Å². The van der Waals surface area contributed by atoms with E-state index in [-0.39, 0.29) is 47.9 Å². The van der Waals surface area contributed by atoms with E-state index < -0.39 is 0 Å². The molecular weight excluding hydrogens is 414 g/mol. The van der Waals surface area contributed by atoms with Crippen molar-refractivity contribution in [3.8, 4) is 0 Å². The molecule has 1 aromatic rings. The summed E-state index contributed by atoms with van der Waals surface area (Å²) in [7, 11) is 1.57. The second-order valence-electron chi connectivity index (χ2n) is 8.44. The molecule has 1 atom stereocenters. The second-order valence-corrected chi connectivity index (χ2v) is 8.44. The average molecular weight is 444 g/mol. The van der Waals surface area contributed by atoms with Crippen molar-refractivity contribution >= 4 is 23.6 Å². The van der Waals surface area contributed by atoms with Crippen molar-refractivity contribution in [3.63, 3.8) is 0 Å². The third-order valence-corrected chi connectivity index (χ3v) is 6.31. The molecule has 0 aromatic heterocycles. The number of hydrogen-bond acceptors (Lipinski definition) is 6. The number of benzene rings is 1. The van der Waals surface area contributed by atoms with E-state index in [9.17, 15) is 19.2 Å². The summed E-state index contributed by atoms with van der Waals surface area (Å²) >= 11 is 0. The zero-order valence-corrected chi connectivity index (χ0v) is 18.3. The SMILES string of the molecule is COCCCN1C(=O)c2ccc(C(=O)NC3CCN(C(=O)C4CCCO4)CC3)cc2C1=O. The summed E-state index contributed by atoms with van der Waals surface area (Å²) in [6, 6.07) is 4.57. The molecule has 0 radical (unpaired) electrons. The van der Waals surface area contributed by atoms with Crippen LogP contribution in [0, 0.1) is 0 Å². The highest BCUT2D eigenvalue weighted by Gasteiger charge is 2.36. The van der Waals surface area contributed by atoms with Gasteiger partial charge in [-0.05, 0) is 50.3 Å². The fourth-order valence-electron chi connectivity index (χ4n) is 4.49. The van der Waals surface area contributed by atoms with E-state index in [0.29, 0.717) is 56.7 Å². The number of amides is 4. The van der Waals surface area contributed by atoms with Crippen molar-refractivity contribution < 1.29 is 28.7 Å². The zero-order valence-electron chi connectivity index (χ0n) is 18.3. The van der Waals surface area contributed by atoms with Gasteiger partial charge in [0.2, 0.25) is 0 Å². The summed E-state index contributed by atoms with van der Waals surface area (Å²) < 4.78 is 10.5. The van der Waals surface area contributed by atoms with E-state index in [2.05, 4.69) is 5.32 Å². The highest BCUT2D eigenvalue weighted by Crippen LogP contribution is 2.25. The predicted molar refractivity (Wildman–Crippen MR) is 114 cm³/mol. The van der Waals surface area contributed by atoms with E-state index in [1.807, 2.05) is 4.90 Å². The number of ether oxygens (including phenoxy) is 2. The van der Waals surface area contributed by atoms with Gasteiger partial charge in [0.25, 0.3) is 23.6 Å². The Hall–Kier alpha value is -2.78. The molecule has 4 amide bonds. The van der Waals surface area contributed by atoms with Crippen LogP contribution < -0.4 is 5.32 Å². The lowest BCUT2D eigenvalue weighted by molar-refractivity contribution is -0.142. The molecule has 0 spiro atoms. The number of nitrogens with zero attached hydrogens (tertiary/aromatic N) is 2. The molecular formula is C23H29N3O6. The van der Waals surface area contributed by atoms with Gasteiger partial charge in [0.1, 0.15) is 6.10 Å². The van der Waals surface area contributed by atoms with Crippen LogP contribution in [0.1, 0.15) is 63.2 Å². The molecule has 0 aliphatic carbocycles. The number of methoxy groups -OCH3 is 1. The molecule has 9 nitrogen and oxygen atoms in total. The molecule has 3 aliphatic heterocycles. The molecule has 3 aliphatic rings. The van der Waals surface area contributed by atoms with Crippen molar-refractivity contribution in [2.75, 3.05) is 40.0 Å². The molecule has 3 heterocycles. The van der Waals surface area contributed by atoms with Crippen molar-refractivity contribution in [1.82, 2.24) is 15.1 Å². The van der Waals surface area contributed by atoms with Gasteiger partial charge in [-0.3, -0.25) is 24.1 Å².